The topological polar surface area (TPSA) is 84.2 Å². The maximum atomic E-state index is 11.8. The highest BCUT2D eigenvalue weighted by Crippen LogP contribution is 2.26. The highest BCUT2D eigenvalue weighted by atomic mass is 32.1. The van der Waals surface area contributed by atoms with Crippen LogP contribution in [0, 0.1) is 0 Å². The molecule has 0 bridgehead atoms. The predicted octanol–water partition coefficient (Wildman–Crippen LogP) is 2.96. The molecule has 0 saturated heterocycles. The van der Waals surface area contributed by atoms with E-state index in [-0.39, 0.29) is 5.91 Å². The molecular formula is C17H14N6OS. The summed E-state index contributed by atoms with van der Waals surface area (Å²) in [6.45, 7) is 0. The Labute approximate surface area is 147 Å². The molecule has 0 spiro atoms. The fraction of sp³-hybridized carbons (Fsp3) is 0.0588. The fourth-order valence-electron chi connectivity index (χ4n) is 2.59. The van der Waals surface area contributed by atoms with Crippen molar-refractivity contribution in [2.24, 2.45) is 0 Å². The third-order valence-corrected chi connectivity index (χ3v) is 4.38. The molecular weight excluding hydrogens is 336 g/mol. The summed E-state index contributed by atoms with van der Waals surface area (Å²) in [5.41, 5.74) is 5.86. The lowest BCUT2D eigenvalue weighted by atomic mass is 10.1. The molecule has 4 aromatic rings. The molecule has 0 atom stereocenters. The van der Waals surface area contributed by atoms with E-state index in [0.29, 0.717) is 5.56 Å². The number of aromatic nitrogens is 4. The van der Waals surface area contributed by atoms with Gasteiger partial charge >= 0.3 is 0 Å². The molecule has 8 heteroatoms. The van der Waals surface area contributed by atoms with Crippen molar-refractivity contribution >= 4 is 33.7 Å². The van der Waals surface area contributed by atoms with Gasteiger partial charge in [-0.3, -0.25) is 9.20 Å². The summed E-state index contributed by atoms with van der Waals surface area (Å²) in [6, 6.07) is 11.5. The van der Waals surface area contributed by atoms with Gasteiger partial charge in [0.25, 0.3) is 5.91 Å². The van der Waals surface area contributed by atoms with Gasteiger partial charge in [-0.05, 0) is 24.3 Å². The Hall–Kier alpha value is -3.26. The molecule has 4 rings (SSSR count). The number of carbonyl (C=O) groups is 1. The van der Waals surface area contributed by atoms with Crippen molar-refractivity contribution in [3.05, 3.63) is 59.9 Å². The number of pyridine rings is 1. The van der Waals surface area contributed by atoms with Gasteiger partial charge in [-0.1, -0.05) is 23.5 Å². The summed E-state index contributed by atoms with van der Waals surface area (Å²) in [7, 11) is 1.61. The molecule has 0 unspecified atom stereocenters. The number of fused-ring (bicyclic) bond motifs is 1. The molecule has 0 fully saturated rings. The third-order valence-electron chi connectivity index (χ3n) is 3.77. The van der Waals surface area contributed by atoms with E-state index in [0.717, 1.165) is 27.7 Å². The van der Waals surface area contributed by atoms with Crippen molar-refractivity contribution in [3.63, 3.8) is 0 Å². The van der Waals surface area contributed by atoms with Crippen molar-refractivity contribution in [2.45, 2.75) is 0 Å². The second-order valence-corrected chi connectivity index (χ2v) is 6.15. The van der Waals surface area contributed by atoms with Crippen molar-refractivity contribution in [1.82, 2.24) is 24.9 Å². The number of hydrogen-bond acceptors (Lipinski definition) is 6. The SMILES string of the molecule is CNC(=O)c1ccn2c(-c3cccc(Nc4nncs4)c3)cnc2c1. The van der Waals surface area contributed by atoms with Crippen LogP contribution in [0.3, 0.4) is 0 Å². The van der Waals surface area contributed by atoms with Gasteiger partial charge in [0.15, 0.2) is 0 Å². The number of hydrogen-bond donors (Lipinski definition) is 2. The summed E-state index contributed by atoms with van der Waals surface area (Å²) < 4.78 is 1.95. The van der Waals surface area contributed by atoms with Gasteiger partial charge in [0.1, 0.15) is 11.2 Å². The Morgan fingerprint density at radius 1 is 1.24 bits per heavy atom. The van der Waals surface area contributed by atoms with Crippen LogP contribution in [0.25, 0.3) is 16.9 Å². The van der Waals surface area contributed by atoms with Gasteiger partial charge in [0, 0.05) is 30.1 Å². The molecule has 1 aromatic carbocycles. The van der Waals surface area contributed by atoms with Gasteiger partial charge in [-0.25, -0.2) is 4.98 Å². The maximum Gasteiger partial charge on any atom is 0.251 e. The Morgan fingerprint density at radius 2 is 2.16 bits per heavy atom. The first-order valence-electron chi connectivity index (χ1n) is 7.57. The molecule has 0 radical (unpaired) electrons. The summed E-state index contributed by atoms with van der Waals surface area (Å²) in [5, 5.41) is 14.4. The lowest BCUT2D eigenvalue weighted by Gasteiger charge is -2.07. The minimum Gasteiger partial charge on any atom is -0.355 e. The van der Waals surface area contributed by atoms with Crippen LogP contribution < -0.4 is 10.6 Å². The number of imidazole rings is 1. The molecule has 0 aliphatic heterocycles. The van der Waals surface area contributed by atoms with Crippen LogP contribution in [-0.2, 0) is 0 Å². The zero-order chi connectivity index (χ0) is 17.2. The minimum atomic E-state index is -0.129. The van der Waals surface area contributed by atoms with Crippen LogP contribution in [0.4, 0.5) is 10.8 Å². The Bertz CT molecular complexity index is 1040. The molecule has 3 heterocycles. The fourth-order valence-corrected chi connectivity index (χ4v) is 3.05. The smallest absolute Gasteiger partial charge is 0.251 e. The molecule has 25 heavy (non-hydrogen) atoms. The standard InChI is InChI=1S/C17H14N6OS/c1-18-16(24)12-5-6-23-14(9-19-15(23)8-12)11-3-2-4-13(7-11)21-17-22-20-10-25-17/h2-10H,1H3,(H,18,24)(H,21,22). The van der Waals surface area contributed by atoms with Gasteiger partial charge in [0.2, 0.25) is 5.13 Å². The van der Waals surface area contributed by atoms with Crippen LogP contribution in [0.2, 0.25) is 0 Å². The summed E-state index contributed by atoms with van der Waals surface area (Å²) in [5.74, 6) is -0.129. The number of amides is 1. The van der Waals surface area contributed by atoms with Crippen LogP contribution in [0.5, 0.6) is 0 Å². The van der Waals surface area contributed by atoms with Crippen molar-refractivity contribution < 1.29 is 4.79 Å². The first-order chi connectivity index (χ1) is 12.2. The van der Waals surface area contributed by atoms with Crippen LogP contribution in [-0.4, -0.2) is 32.5 Å². The molecule has 7 nitrogen and oxygen atoms in total. The monoisotopic (exact) mass is 350 g/mol. The Kier molecular flexibility index (Phi) is 3.87. The largest absolute Gasteiger partial charge is 0.355 e. The second-order valence-electron chi connectivity index (χ2n) is 5.32. The molecule has 3 aromatic heterocycles. The zero-order valence-electron chi connectivity index (χ0n) is 13.3. The first-order valence-corrected chi connectivity index (χ1v) is 8.45. The summed E-state index contributed by atoms with van der Waals surface area (Å²) >= 11 is 1.44. The number of rotatable bonds is 4. The Balaban J connectivity index is 1.71. The van der Waals surface area contributed by atoms with Crippen molar-refractivity contribution in [1.29, 1.82) is 0 Å². The average molecular weight is 350 g/mol. The van der Waals surface area contributed by atoms with E-state index in [9.17, 15) is 4.79 Å². The molecule has 1 amide bonds. The normalized spacial score (nSPS) is 10.8. The summed E-state index contributed by atoms with van der Waals surface area (Å²) in [4.78, 5) is 16.2. The van der Waals surface area contributed by atoms with E-state index >= 15 is 0 Å². The lowest BCUT2D eigenvalue weighted by Crippen LogP contribution is -2.17. The highest BCUT2D eigenvalue weighted by molar-refractivity contribution is 7.13. The number of carbonyl (C=O) groups excluding carboxylic acids is 1. The van der Waals surface area contributed by atoms with E-state index < -0.39 is 0 Å². The Morgan fingerprint density at radius 3 is 2.96 bits per heavy atom. The maximum absolute atomic E-state index is 11.8. The number of nitrogens with zero attached hydrogens (tertiary/aromatic N) is 4. The lowest BCUT2D eigenvalue weighted by molar-refractivity contribution is 0.0963. The van der Waals surface area contributed by atoms with Crippen molar-refractivity contribution in [2.75, 3.05) is 12.4 Å². The highest BCUT2D eigenvalue weighted by Gasteiger charge is 2.10. The quantitative estimate of drug-likeness (QED) is 0.591. The van der Waals surface area contributed by atoms with Crippen LogP contribution in [0.1, 0.15) is 10.4 Å². The minimum absolute atomic E-state index is 0.129. The molecule has 124 valence electrons. The van der Waals surface area contributed by atoms with E-state index in [4.69, 9.17) is 0 Å². The molecule has 0 saturated carbocycles. The van der Waals surface area contributed by atoms with E-state index in [2.05, 4.69) is 25.8 Å². The van der Waals surface area contributed by atoms with Gasteiger partial charge in [-0.2, -0.15) is 0 Å². The third kappa shape index (κ3) is 2.94. The van der Waals surface area contributed by atoms with Crippen LogP contribution >= 0.6 is 11.3 Å². The first kappa shape index (κ1) is 15.3. The van der Waals surface area contributed by atoms with Crippen molar-refractivity contribution in [3.8, 4) is 11.3 Å². The number of benzene rings is 1. The number of nitrogens with one attached hydrogen (secondary N) is 2. The van der Waals surface area contributed by atoms with E-state index in [1.54, 1.807) is 30.9 Å². The second kappa shape index (κ2) is 6.33. The molecule has 0 aliphatic rings. The zero-order valence-corrected chi connectivity index (χ0v) is 14.1. The van der Waals surface area contributed by atoms with Gasteiger partial charge in [-0.15, -0.1) is 10.2 Å². The predicted molar refractivity (Wildman–Crippen MR) is 97.2 cm³/mol. The molecule has 2 N–H and O–H groups in total. The summed E-state index contributed by atoms with van der Waals surface area (Å²) in [6.07, 6.45) is 3.65. The van der Waals surface area contributed by atoms with Gasteiger partial charge < -0.3 is 10.6 Å². The van der Waals surface area contributed by atoms with E-state index in [1.807, 2.05) is 34.9 Å². The van der Waals surface area contributed by atoms with E-state index in [1.165, 1.54) is 11.3 Å². The number of anilines is 2. The van der Waals surface area contributed by atoms with Gasteiger partial charge in [0.05, 0.1) is 11.9 Å². The average Bonchev–Trinajstić information content (AvgIpc) is 3.30. The van der Waals surface area contributed by atoms with Crippen LogP contribution in [0.15, 0.2) is 54.3 Å². The molecule has 0 aliphatic carbocycles.